The Balaban J connectivity index is 1.85. The quantitative estimate of drug-likeness (QED) is 0.855. The van der Waals surface area contributed by atoms with E-state index < -0.39 is 17.8 Å². The molecule has 23 heavy (non-hydrogen) atoms. The molecule has 1 aliphatic carbocycles. The van der Waals surface area contributed by atoms with Crippen LogP contribution in [0.15, 0.2) is 29.4 Å². The van der Waals surface area contributed by atoms with Crippen LogP contribution in [0.4, 0.5) is 18.3 Å². The van der Waals surface area contributed by atoms with Crippen LogP contribution in [-0.4, -0.2) is 27.7 Å². The Kier molecular flexibility index (Phi) is 3.18. The van der Waals surface area contributed by atoms with Crippen molar-refractivity contribution >= 4 is 32.4 Å². The summed E-state index contributed by atoms with van der Waals surface area (Å²) in [6.07, 6.45) is -2.56. The Morgan fingerprint density at radius 1 is 1.26 bits per heavy atom. The van der Waals surface area contributed by atoms with Gasteiger partial charge in [0, 0.05) is 5.71 Å². The van der Waals surface area contributed by atoms with Gasteiger partial charge in [0.05, 0.1) is 16.1 Å². The largest absolute Gasteiger partial charge is 0.439 e. The van der Waals surface area contributed by atoms with Gasteiger partial charge in [0.2, 0.25) is 5.13 Å². The molecule has 0 spiro atoms. The third-order valence-electron chi connectivity index (χ3n) is 4.50. The second-order valence-corrected chi connectivity index (χ2v) is 6.90. The molecule has 1 aromatic carbocycles. The third kappa shape index (κ3) is 2.08. The van der Waals surface area contributed by atoms with Gasteiger partial charge in [-0.2, -0.15) is 23.3 Å². The number of para-hydroxylation sites is 1. The molecule has 0 unspecified atom stereocenters. The second kappa shape index (κ2) is 4.91. The summed E-state index contributed by atoms with van der Waals surface area (Å²) >= 11 is 1.11. The molecule has 4 rings (SSSR count). The standard InChI is InChI=1S/C15H14F3N3OS/c16-15(17,18)14(22)9-5-1-2-6-10(9)20-21(14)13-19-11-7-3-4-8-12(11)23-13/h3-4,7-9,22H,1-2,5-6H2/t9-,14+/m0/s1. The normalized spacial score (nSPS) is 28.1. The van der Waals surface area contributed by atoms with Crippen LogP contribution in [0, 0.1) is 5.92 Å². The van der Waals surface area contributed by atoms with Crippen molar-refractivity contribution in [2.45, 2.75) is 37.6 Å². The van der Waals surface area contributed by atoms with Gasteiger partial charge in [0.15, 0.2) is 0 Å². The van der Waals surface area contributed by atoms with Crippen molar-refractivity contribution in [2.24, 2.45) is 11.0 Å². The molecule has 2 aliphatic rings. The third-order valence-corrected chi connectivity index (χ3v) is 5.51. The predicted molar refractivity (Wildman–Crippen MR) is 82.5 cm³/mol. The first-order valence-corrected chi connectivity index (χ1v) is 8.25. The highest BCUT2D eigenvalue weighted by Gasteiger charge is 2.67. The molecule has 122 valence electrons. The zero-order valence-electron chi connectivity index (χ0n) is 12.0. The molecule has 1 aliphatic heterocycles. The lowest BCUT2D eigenvalue weighted by molar-refractivity contribution is -0.269. The molecule has 0 bridgehead atoms. The van der Waals surface area contributed by atoms with Gasteiger partial charge in [-0.05, 0) is 31.4 Å². The van der Waals surface area contributed by atoms with E-state index in [1.807, 2.05) is 0 Å². The fourth-order valence-electron chi connectivity index (χ4n) is 3.36. The molecule has 1 N–H and O–H groups in total. The van der Waals surface area contributed by atoms with Crippen LogP contribution in [0.2, 0.25) is 0 Å². The fraction of sp³-hybridized carbons (Fsp3) is 0.467. The van der Waals surface area contributed by atoms with Crippen molar-refractivity contribution in [1.29, 1.82) is 0 Å². The maximum Gasteiger partial charge on any atom is 0.439 e. The van der Waals surface area contributed by atoms with Crippen LogP contribution in [0.5, 0.6) is 0 Å². The van der Waals surface area contributed by atoms with Crippen molar-refractivity contribution in [3.05, 3.63) is 24.3 Å². The molecule has 1 aromatic heterocycles. The average Bonchev–Trinajstić information content (AvgIpc) is 3.07. The monoisotopic (exact) mass is 341 g/mol. The number of fused-ring (bicyclic) bond motifs is 2. The molecular formula is C15H14F3N3OS. The van der Waals surface area contributed by atoms with Crippen LogP contribution in [0.3, 0.4) is 0 Å². The van der Waals surface area contributed by atoms with E-state index in [1.165, 1.54) is 0 Å². The molecule has 1 fully saturated rings. The average molecular weight is 341 g/mol. The van der Waals surface area contributed by atoms with E-state index in [-0.39, 0.29) is 11.6 Å². The first-order chi connectivity index (χ1) is 10.9. The van der Waals surface area contributed by atoms with Crippen LogP contribution in [0.25, 0.3) is 10.2 Å². The molecule has 4 nitrogen and oxygen atoms in total. The highest BCUT2D eigenvalue weighted by atomic mass is 32.1. The zero-order valence-corrected chi connectivity index (χ0v) is 12.9. The Morgan fingerprint density at radius 3 is 2.78 bits per heavy atom. The molecular weight excluding hydrogens is 327 g/mol. The molecule has 0 radical (unpaired) electrons. The predicted octanol–water partition coefficient (Wildman–Crippen LogP) is 3.91. The number of hydrogen-bond acceptors (Lipinski definition) is 5. The van der Waals surface area contributed by atoms with Crippen LogP contribution in [-0.2, 0) is 0 Å². The molecule has 1 saturated carbocycles. The molecule has 2 heterocycles. The van der Waals surface area contributed by atoms with Crippen molar-refractivity contribution in [2.75, 3.05) is 5.01 Å². The maximum absolute atomic E-state index is 13.7. The van der Waals surface area contributed by atoms with Gasteiger partial charge in [0.25, 0.3) is 5.72 Å². The summed E-state index contributed by atoms with van der Waals surface area (Å²) in [6, 6.07) is 7.10. The summed E-state index contributed by atoms with van der Waals surface area (Å²) in [7, 11) is 0. The number of alkyl halides is 3. The summed E-state index contributed by atoms with van der Waals surface area (Å²) in [5.41, 5.74) is -1.97. The van der Waals surface area contributed by atoms with E-state index in [4.69, 9.17) is 0 Å². The van der Waals surface area contributed by atoms with Gasteiger partial charge >= 0.3 is 6.18 Å². The van der Waals surface area contributed by atoms with E-state index >= 15 is 0 Å². The second-order valence-electron chi connectivity index (χ2n) is 5.89. The van der Waals surface area contributed by atoms with Crippen LogP contribution < -0.4 is 5.01 Å². The van der Waals surface area contributed by atoms with E-state index in [2.05, 4.69) is 10.1 Å². The lowest BCUT2D eigenvalue weighted by Crippen LogP contribution is -2.60. The van der Waals surface area contributed by atoms with Gasteiger partial charge in [-0.1, -0.05) is 29.9 Å². The van der Waals surface area contributed by atoms with Gasteiger partial charge in [0.1, 0.15) is 0 Å². The highest BCUT2D eigenvalue weighted by Crippen LogP contribution is 2.50. The number of aliphatic hydroxyl groups is 1. The van der Waals surface area contributed by atoms with Crippen LogP contribution >= 0.6 is 11.3 Å². The maximum atomic E-state index is 13.7. The number of thiazole rings is 1. The number of hydrazone groups is 1. The van der Waals surface area contributed by atoms with E-state index in [9.17, 15) is 18.3 Å². The SMILES string of the molecule is O[C@@]1(C(F)(F)F)[C@H]2CCCCC2=NN1c1nc2ccccc2s1. The number of anilines is 1. The fourth-order valence-corrected chi connectivity index (χ4v) is 4.33. The van der Waals surface area contributed by atoms with Gasteiger partial charge in [-0.3, -0.25) is 0 Å². The van der Waals surface area contributed by atoms with E-state index in [0.717, 1.165) is 22.5 Å². The number of nitrogens with zero attached hydrogens (tertiary/aromatic N) is 3. The number of rotatable bonds is 1. The minimum atomic E-state index is -4.81. The first-order valence-electron chi connectivity index (χ1n) is 7.43. The topological polar surface area (TPSA) is 48.7 Å². The molecule has 2 aromatic rings. The summed E-state index contributed by atoms with van der Waals surface area (Å²) in [4.78, 5) is 4.24. The van der Waals surface area contributed by atoms with Crippen molar-refractivity contribution in [3.8, 4) is 0 Å². The number of halogens is 3. The van der Waals surface area contributed by atoms with Crippen molar-refractivity contribution < 1.29 is 18.3 Å². The Labute approximate surface area is 134 Å². The molecule has 0 saturated heterocycles. The summed E-state index contributed by atoms with van der Waals surface area (Å²) in [5.74, 6) is -1.01. The van der Waals surface area contributed by atoms with Crippen molar-refractivity contribution in [3.63, 3.8) is 0 Å². The zero-order chi connectivity index (χ0) is 16.2. The molecule has 0 amide bonds. The van der Waals surface area contributed by atoms with Gasteiger partial charge in [-0.15, -0.1) is 0 Å². The van der Waals surface area contributed by atoms with Gasteiger partial charge in [-0.25, -0.2) is 4.98 Å². The summed E-state index contributed by atoms with van der Waals surface area (Å²) in [6.45, 7) is 0. The Hall–Kier alpha value is -1.67. The summed E-state index contributed by atoms with van der Waals surface area (Å²) in [5, 5.41) is 15.5. The number of aromatic nitrogens is 1. The first kappa shape index (κ1) is 14.9. The minimum Gasteiger partial charge on any atom is -0.362 e. The number of hydrogen-bond donors (Lipinski definition) is 1. The molecule has 8 heteroatoms. The smallest absolute Gasteiger partial charge is 0.362 e. The van der Waals surface area contributed by atoms with Crippen LogP contribution in [0.1, 0.15) is 25.7 Å². The van der Waals surface area contributed by atoms with Gasteiger partial charge < -0.3 is 5.11 Å². The highest BCUT2D eigenvalue weighted by molar-refractivity contribution is 7.22. The van der Waals surface area contributed by atoms with E-state index in [0.29, 0.717) is 29.1 Å². The number of benzene rings is 1. The molecule has 2 atom stereocenters. The Morgan fingerprint density at radius 2 is 2.04 bits per heavy atom. The minimum absolute atomic E-state index is 0.0768. The lowest BCUT2D eigenvalue weighted by Gasteiger charge is -2.38. The lowest BCUT2D eigenvalue weighted by atomic mass is 9.80. The van der Waals surface area contributed by atoms with E-state index in [1.54, 1.807) is 24.3 Å². The Bertz CT molecular complexity index is 755. The van der Waals surface area contributed by atoms with Crippen molar-refractivity contribution in [1.82, 2.24) is 4.98 Å². The summed E-state index contributed by atoms with van der Waals surface area (Å²) < 4.78 is 41.9.